The third kappa shape index (κ3) is 2.84. The Morgan fingerprint density at radius 1 is 1.29 bits per heavy atom. The fraction of sp³-hybridized carbons (Fsp3) is 0.846. The summed E-state index contributed by atoms with van der Waals surface area (Å²) in [5.41, 5.74) is 7.82. The van der Waals surface area contributed by atoms with Gasteiger partial charge in [-0.1, -0.05) is 30.9 Å². The second-order valence-corrected chi connectivity index (χ2v) is 5.10. The normalized spacial score (nSPS) is 25.4. The third-order valence-electron chi connectivity index (χ3n) is 3.77. The number of hydrogen-bond donors (Lipinski definition) is 1. The minimum atomic E-state index is 0.449. The third-order valence-corrected chi connectivity index (χ3v) is 3.77. The van der Waals surface area contributed by atoms with E-state index in [1.165, 1.54) is 57.8 Å². The van der Waals surface area contributed by atoms with Gasteiger partial charge >= 0.3 is 0 Å². The Hall–Kier alpha value is -0.300. The van der Waals surface area contributed by atoms with Gasteiger partial charge in [-0.25, -0.2) is 0 Å². The molecule has 1 fully saturated rings. The first-order chi connectivity index (χ1) is 6.84. The molecule has 14 heavy (non-hydrogen) atoms. The zero-order chi connectivity index (χ0) is 9.80. The molecule has 0 amide bonds. The van der Waals surface area contributed by atoms with Crippen LogP contribution in [0.15, 0.2) is 11.6 Å². The van der Waals surface area contributed by atoms with Crippen molar-refractivity contribution in [1.82, 2.24) is 0 Å². The van der Waals surface area contributed by atoms with Crippen LogP contribution in [0.5, 0.6) is 0 Å². The van der Waals surface area contributed by atoms with E-state index in [1.807, 2.05) is 0 Å². The monoisotopic (exact) mass is 193 g/mol. The zero-order valence-corrected chi connectivity index (χ0v) is 9.17. The van der Waals surface area contributed by atoms with Crippen molar-refractivity contribution in [2.75, 3.05) is 0 Å². The van der Waals surface area contributed by atoms with Crippen molar-refractivity contribution in [2.45, 2.75) is 63.8 Å². The van der Waals surface area contributed by atoms with Gasteiger partial charge in [0.2, 0.25) is 0 Å². The van der Waals surface area contributed by atoms with Crippen molar-refractivity contribution >= 4 is 0 Å². The van der Waals surface area contributed by atoms with E-state index in [1.54, 1.807) is 5.57 Å². The van der Waals surface area contributed by atoms with E-state index in [2.05, 4.69) is 6.08 Å². The average Bonchev–Trinajstić information content (AvgIpc) is 2.13. The van der Waals surface area contributed by atoms with E-state index in [0.29, 0.717) is 6.04 Å². The van der Waals surface area contributed by atoms with Crippen LogP contribution in [-0.4, -0.2) is 6.04 Å². The Morgan fingerprint density at radius 2 is 2.14 bits per heavy atom. The quantitative estimate of drug-likeness (QED) is 0.680. The van der Waals surface area contributed by atoms with Gasteiger partial charge in [-0.2, -0.15) is 0 Å². The lowest BCUT2D eigenvalue weighted by Crippen LogP contribution is -2.27. The average molecular weight is 193 g/mol. The van der Waals surface area contributed by atoms with Gasteiger partial charge in [0.15, 0.2) is 0 Å². The molecule has 1 saturated carbocycles. The molecular formula is C13H23N. The first kappa shape index (κ1) is 10.2. The van der Waals surface area contributed by atoms with Crippen molar-refractivity contribution in [2.24, 2.45) is 11.7 Å². The molecule has 0 aliphatic heterocycles. The predicted octanol–water partition coefficient (Wildman–Crippen LogP) is 3.39. The van der Waals surface area contributed by atoms with Crippen LogP contribution in [-0.2, 0) is 0 Å². The maximum Gasteiger partial charge on any atom is 0.00787 e. The molecule has 0 radical (unpaired) electrons. The van der Waals surface area contributed by atoms with Crippen LogP contribution < -0.4 is 5.73 Å². The van der Waals surface area contributed by atoms with E-state index in [-0.39, 0.29) is 0 Å². The summed E-state index contributed by atoms with van der Waals surface area (Å²) in [7, 11) is 0. The van der Waals surface area contributed by atoms with Gasteiger partial charge in [-0.3, -0.25) is 0 Å². The maximum atomic E-state index is 6.17. The highest BCUT2D eigenvalue weighted by Crippen LogP contribution is 2.31. The fourth-order valence-electron chi connectivity index (χ4n) is 2.67. The smallest absolute Gasteiger partial charge is 0.00787 e. The topological polar surface area (TPSA) is 26.0 Å². The molecule has 1 heteroatoms. The Balaban J connectivity index is 1.69. The van der Waals surface area contributed by atoms with Crippen molar-refractivity contribution in [3.05, 3.63) is 11.6 Å². The van der Waals surface area contributed by atoms with Crippen LogP contribution in [0.3, 0.4) is 0 Å². The van der Waals surface area contributed by atoms with Crippen LogP contribution in [0.25, 0.3) is 0 Å². The summed E-state index contributed by atoms with van der Waals surface area (Å²) in [5, 5.41) is 0. The van der Waals surface area contributed by atoms with E-state index >= 15 is 0 Å². The van der Waals surface area contributed by atoms with E-state index in [9.17, 15) is 0 Å². The number of allylic oxidation sites excluding steroid dienone is 1. The molecule has 1 atom stereocenters. The van der Waals surface area contributed by atoms with Gasteiger partial charge in [0, 0.05) is 6.04 Å². The number of rotatable bonds is 4. The summed E-state index contributed by atoms with van der Waals surface area (Å²) in [6.07, 6.45) is 14.6. The molecule has 2 rings (SSSR count). The summed E-state index contributed by atoms with van der Waals surface area (Å²) in [6.45, 7) is 0. The predicted molar refractivity (Wildman–Crippen MR) is 61.1 cm³/mol. The molecule has 0 aromatic carbocycles. The molecule has 0 bridgehead atoms. The van der Waals surface area contributed by atoms with Crippen LogP contribution in [0.4, 0.5) is 0 Å². The molecule has 2 aliphatic rings. The molecule has 0 saturated heterocycles. The number of nitrogens with two attached hydrogens (primary N) is 1. The zero-order valence-electron chi connectivity index (χ0n) is 9.17. The van der Waals surface area contributed by atoms with Crippen LogP contribution in [0.1, 0.15) is 57.8 Å². The highest BCUT2D eigenvalue weighted by atomic mass is 14.6. The first-order valence-corrected chi connectivity index (χ1v) is 6.28. The van der Waals surface area contributed by atoms with E-state index in [4.69, 9.17) is 5.73 Å². The van der Waals surface area contributed by atoms with Gasteiger partial charge in [-0.05, 0) is 44.4 Å². The van der Waals surface area contributed by atoms with Gasteiger partial charge < -0.3 is 5.73 Å². The molecule has 2 aliphatic carbocycles. The molecule has 2 N–H and O–H groups in total. The van der Waals surface area contributed by atoms with Crippen molar-refractivity contribution in [3.63, 3.8) is 0 Å². The molecule has 0 heterocycles. The minimum absolute atomic E-state index is 0.449. The molecule has 0 aromatic rings. The lowest BCUT2D eigenvalue weighted by atomic mass is 9.79. The van der Waals surface area contributed by atoms with Crippen molar-refractivity contribution in [3.8, 4) is 0 Å². The van der Waals surface area contributed by atoms with Crippen LogP contribution in [0.2, 0.25) is 0 Å². The minimum Gasteiger partial charge on any atom is -0.327 e. The SMILES string of the molecule is NC(CC1=CCCCC1)CC1CCC1. The fourth-order valence-corrected chi connectivity index (χ4v) is 2.67. The highest BCUT2D eigenvalue weighted by molar-refractivity contribution is 5.06. The lowest BCUT2D eigenvalue weighted by Gasteiger charge is -2.28. The highest BCUT2D eigenvalue weighted by Gasteiger charge is 2.20. The first-order valence-electron chi connectivity index (χ1n) is 6.28. The molecule has 1 nitrogen and oxygen atoms in total. The van der Waals surface area contributed by atoms with Gasteiger partial charge in [0.1, 0.15) is 0 Å². The van der Waals surface area contributed by atoms with Crippen LogP contribution >= 0.6 is 0 Å². The Morgan fingerprint density at radius 3 is 2.71 bits per heavy atom. The Bertz CT molecular complexity index is 203. The largest absolute Gasteiger partial charge is 0.327 e. The summed E-state index contributed by atoms with van der Waals surface area (Å²) >= 11 is 0. The van der Waals surface area contributed by atoms with Crippen molar-refractivity contribution in [1.29, 1.82) is 0 Å². The van der Waals surface area contributed by atoms with E-state index in [0.717, 1.165) is 5.92 Å². The second kappa shape index (κ2) is 4.97. The summed E-state index contributed by atoms with van der Waals surface area (Å²) in [5.74, 6) is 0.967. The van der Waals surface area contributed by atoms with Gasteiger partial charge in [0.25, 0.3) is 0 Å². The Kier molecular flexibility index (Phi) is 3.63. The molecule has 1 unspecified atom stereocenters. The standard InChI is InChI=1S/C13H23N/c14-13(10-12-7-4-8-12)9-11-5-2-1-3-6-11/h5,12-13H,1-4,6-10,14H2. The van der Waals surface area contributed by atoms with Gasteiger partial charge in [0.05, 0.1) is 0 Å². The van der Waals surface area contributed by atoms with Crippen molar-refractivity contribution < 1.29 is 0 Å². The Labute approximate surface area is 87.8 Å². The summed E-state index contributed by atoms with van der Waals surface area (Å²) in [6, 6.07) is 0.449. The molecule has 0 spiro atoms. The second-order valence-electron chi connectivity index (χ2n) is 5.10. The lowest BCUT2D eigenvalue weighted by molar-refractivity contribution is 0.274. The maximum absolute atomic E-state index is 6.17. The number of hydrogen-bond acceptors (Lipinski definition) is 1. The molecule has 80 valence electrons. The van der Waals surface area contributed by atoms with Gasteiger partial charge in [-0.15, -0.1) is 0 Å². The molecular weight excluding hydrogens is 170 g/mol. The summed E-state index contributed by atoms with van der Waals surface area (Å²) in [4.78, 5) is 0. The molecule has 0 aromatic heterocycles. The summed E-state index contributed by atoms with van der Waals surface area (Å²) < 4.78 is 0. The van der Waals surface area contributed by atoms with E-state index < -0.39 is 0 Å². The van der Waals surface area contributed by atoms with Crippen LogP contribution in [0, 0.1) is 5.92 Å².